The first-order valence-electron chi connectivity index (χ1n) is 12.6. The number of β-amino-alcohol motifs (C(OH)–C–C–N with tert-alkyl or cyclic N) is 1. The number of fused-ring (bicyclic) bond motifs is 2. The first-order valence-corrected chi connectivity index (χ1v) is 14.4. The summed E-state index contributed by atoms with van der Waals surface area (Å²) in [6, 6.07) is 7.08. The van der Waals surface area contributed by atoms with Crippen molar-refractivity contribution in [2.75, 3.05) is 39.5 Å². The fourth-order valence-electron chi connectivity index (χ4n) is 5.74. The second-order valence-corrected chi connectivity index (χ2v) is 12.6. The second-order valence-electron chi connectivity index (χ2n) is 10.3. The monoisotopic (exact) mass is 761 g/mol. The number of sulfonamides is 1. The van der Waals surface area contributed by atoms with Crippen LogP contribution >= 0.6 is 11.6 Å². The van der Waals surface area contributed by atoms with Gasteiger partial charge in [0.25, 0.3) is 0 Å². The van der Waals surface area contributed by atoms with Crippen molar-refractivity contribution in [2.45, 2.75) is 67.6 Å². The summed E-state index contributed by atoms with van der Waals surface area (Å²) in [6.45, 7) is 3.77. The first kappa shape index (κ1) is 28.8. The van der Waals surface area contributed by atoms with Gasteiger partial charge in [0.1, 0.15) is 0 Å². The maximum absolute atomic E-state index is 13.2. The fraction of sp³-hybridized carbons (Fsp3) is 0.680. The number of carbonyl (C=O) groups excluding carboxylic acids is 1. The SMILES string of the molecule is O=S(=O)(c1ccc(Cl)cc1)N1[C@@H]([C-]2CC2)COC[C@H]1C1CC1.O=[C-]N1C2CCC1CN(CCO)C2.[U+2]. The molecule has 2 saturated carbocycles. The number of ether oxygens (including phenoxy) is 1. The van der Waals surface area contributed by atoms with E-state index in [9.17, 15) is 13.2 Å². The van der Waals surface area contributed by atoms with Gasteiger partial charge in [0.05, 0.1) is 18.1 Å². The average molecular weight is 762 g/mol. The molecular weight excluding hydrogens is 728 g/mol. The molecule has 2 aliphatic carbocycles. The molecule has 196 valence electrons. The minimum absolute atomic E-state index is 0. The predicted octanol–water partition coefficient (Wildman–Crippen LogP) is 2.07. The number of hydrogen-bond acceptors (Lipinski definition) is 6. The Bertz CT molecular complexity index is 958. The molecule has 6 rings (SSSR count). The number of nitrogens with zero attached hydrogens (tertiary/aromatic N) is 3. The predicted molar refractivity (Wildman–Crippen MR) is 132 cm³/mol. The molecule has 2 unspecified atom stereocenters. The molecule has 1 aromatic carbocycles. The Labute approximate surface area is 243 Å². The molecule has 3 saturated heterocycles. The van der Waals surface area contributed by atoms with Crippen LogP contribution < -0.4 is 0 Å². The van der Waals surface area contributed by atoms with Gasteiger partial charge in [-0.05, 0) is 55.9 Å². The molecule has 0 radical (unpaired) electrons. The van der Waals surface area contributed by atoms with E-state index in [1.807, 2.05) is 11.3 Å². The summed E-state index contributed by atoms with van der Waals surface area (Å²) in [5, 5.41) is 9.35. The molecular formula is C25H34ClN3O5SU. The normalized spacial score (nSPS) is 30.8. The first-order chi connectivity index (χ1) is 16.9. The zero-order chi connectivity index (χ0) is 24.6. The number of amides is 1. The van der Waals surface area contributed by atoms with E-state index in [4.69, 9.17) is 21.4 Å². The fourth-order valence-corrected chi connectivity index (χ4v) is 7.73. The minimum atomic E-state index is -3.51. The molecule has 3 heterocycles. The van der Waals surface area contributed by atoms with Crippen LogP contribution in [0.3, 0.4) is 0 Å². The second kappa shape index (κ2) is 12.3. The molecule has 1 amide bonds. The summed E-state index contributed by atoms with van der Waals surface area (Å²) in [5.74, 6) is 1.76. The van der Waals surface area contributed by atoms with Crippen LogP contribution in [0.5, 0.6) is 0 Å². The molecule has 4 atom stereocenters. The Kier molecular flexibility index (Phi) is 9.88. The van der Waals surface area contributed by atoms with Crippen molar-refractivity contribution >= 4 is 28.0 Å². The average Bonchev–Trinajstić information content (AvgIpc) is 3.76. The molecule has 11 heteroatoms. The summed E-state index contributed by atoms with van der Waals surface area (Å²) in [7, 11) is -3.51. The van der Waals surface area contributed by atoms with E-state index < -0.39 is 10.0 Å². The van der Waals surface area contributed by atoms with Gasteiger partial charge in [-0.1, -0.05) is 17.6 Å². The topological polar surface area (TPSA) is 90.4 Å². The van der Waals surface area contributed by atoms with Gasteiger partial charge in [-0.15, -0.1) is 0 Å². The molecule has 1 aromatic rings. The molecule has 1 N–H and O–H groups in total. The minimum Gasteiger partial charge on any atom is -0.520 e. The maximum atomic E-state index is 13.2. The van der Waals surface area contributed by atoms with Crippen molar-refractivity contribution in [2.24, 2.45) is 5.92 Å². The summed E-state index contributed by atoms with van der Waals surface area (Å²) < 4.78 is 33.9. The van der Waals surface area contributed by atoms with Crippen LogP contribution in [-0.4, -0.2) is 97.7 Å². The van der Waals surface area contributed by atoms with Crippen LogP contribution in [-0.2, 0) is 19.6 Å². The van der Waals surface area contributed by atoms with Crippen molar-refractivity contribution in [1.29, 1.82) is 0 Å². The van der Waals surface area contributed by atoms with Crippen molar-refractivity contribution in [3.8, 4) is 0 Å². The Morgan fingerprint density at radius 1 is 1.06 bits per heavy atom. The number of aliphatic hydroxyl groups excluding tert-OH is 1. The number of rotatable bonds is 7. The smallest absolute Gasteiger partial charge is 0.520 e. The summed E-state index contributed by atoms with van der Waals surface area (Å²) in [5.41, 5.74) is 0. The molecule has 5 aliphatic rings. The van der Waals surface area contributed by atoms with E-state index in [0.29, 0.717) is 41.1 Å². The van der Waals surface area contributed by atoms with Gasteiger partial charge in [0.15, 0.2) is 0 Å². The van der Waals surface area contributed by atoms with Crippen LogP contribution in [0.2, 0.25) is 5.02 Å². The number of benzene rings is 1. The number of hydrogen-bond donors (Lipinski definition) is 1. The van der Waals surface area contributed by atoms with E-state index in [2.05, 4.69) is 4.90 Å². The van der Waals surface area contributed by atoms with Crippen molar-refractivity contribution in [3.63, 3.8) is 0 Å². The van der Waals surface area contributed by atoms with Gasteiger partial charge >= 0.3 is 31.1 Å². The van der Waals surface area contributed by atoms with Crippen molar-refractivity contribution < 1.29 is 54.2 Å². The van der Waals surface area contributed by atoms with E-state index in [-0.39, 0.29) is 49.8 Å². The number of morpholine rings is 1. The van der Waals surface area contributed by atoms with Gasteiger partial charge in [-0.2, -0.15) is 6.41 Å². The largest absolute Gasteiger partial charge is 2.00 e. The van der Waals surface area contributed by atoms with E-state index in [0.717, 1.165) is 58.2 Å². The van der Waals surface area contributed by atoms with Gasteiger partial charge in [-0.3, -0.25) is 10.8 Å². The van der Waals surface area contributed by atoms with Crippen molar-refractivity contribution in [1.82, 2.24) is 14.1 Å². The summed E-state index contributed by atoms with van der Waals surface area (Å²) in [4.78, 5) is 15.0. The molecule has 5 fully saturated rings. The molecule has 0 spiro atoms. The zero-order valence-corrected chi connectivity index (χ0v) is 26.1. The van der Waals surface area contributed by atoms with Crippen LogP contribution in [0.15, 0.2) is 29.2 Å². The van der Waals surface area contributed by atoms with E-state index in [1.54, 1.807) is 28.6 Å². The summed E-state index contributed by atoms with van der Waals surface area (Å²) in [6.07, 6.45) is 8.47. The third kappa shape index (κ3) is 6.34. The molecule has 3 aliphatic heterocycles. The Morgan fingerprint density at radius 3 is 2.22 bits per heavy atom. The third-order valence-corrected chi connectivity index (χ3v) is 10.0. The molecule has 8 nitrogen and oxygen atoms in total. The number of halogens is 1. The van der Waals surface area contributed by atoms with Gasteiger partial charge in [0.2, 0.25) is 10.0 Å². The number of aliphatic hydroxyl groups is 1. The number of piperazine rings is 1. The Morgan fingerprint density at radius 2 is 1.69 bits per heavy atom. The number of likely N-dealkylation sites (tertiary alicyclic amines) is 1. The van der Waals surface area contributed by atoms with E-state index >= 15 is 0 Å². The third-order valence-electron chi connectivity index (χ3n) is 7.84. The van der Waals surface area contributed by atoms with Crippen LogP contribution in [0, 0.1) is 42.9 Å². The van der Waals surface area contributed by atoms with Gasteiger partial charge in [0, 0.05) is 49.4 Å². The van der Waals surface area contributed by atoms with Crippen LogP contribution in [0.25, 0.3) is 0 Å². The molecule has 36 heavy (non-hydrogen) atoms. The Hall–Kier alpha value is -0.178. The van der Waals surface area contributed by atoms with Gasteiger partial charge in [-0.25, -0.2) is 25.6 Å². The molecule has 0 aromatic heterocycles. The maximum Gasteiger partial charge on any atom is 2.00 e. The summed E-state index contributed by atoms with van der Waals surface area (Å²) >= 11 is 5.89. The van der Waals surface area contributed by atoms with Crippen molar-refractivity contribution in [3.05, 3.63) is 35.2 Å². The molecule has 2 bridgehead atoms. The standard InChI is InChI=1S/C16H19ClNO3S.C9H15N2O2.U/c17-13-5-7-14(8-6-13)22(19,20)18-15(11-1-2-11)9-21-10-16(18)12-3-4-12;12-4-3-10-5-8-1-2-9(6-10)11(8)7-13;/h5-8,11,15-16H,1-4,9-10H2;8-9,12H,1-6H2;/q2*-1;+2/t15-,16+;;/m0../s1. The van der Waals surface area contributed by atoms with Gasteiger partial charge < -0.3 is 19.5 Å². The van der Waals surface area contributed by atoms with Crippen LogP contribution in [0.4, 0.5) is 0 Å². The zero-order valence-electron chi connectivity index (χ0n) is 20.4. The Balaban J connectivity index is 0.000000187. The van der Waals surface area contributed by atoms with E-state index in [1.165, 1.54) is 5.92 Å². The quantitative estimate of drug-likeness (QED) is 0.429. The van der Waals surface area contributed by atoms with Crippen LogP contribution in [0.1, 0.15) is 38.5 Å².